The normalized spacial score (nSPS) is 10.0. The Labute approximate surface area is 183 Å². The van der Waals surface area contributed by atoms with E-state index < -0.39 is 17.9 Å². The van der Waals surface area contributed by atoms with Gasteiger partial charge in [-0.05, 0) is 54.6 Å². The molecule has 0 aliphatic carbocycles. The molecule has 32 heavy (non-hydrogen) atoms. The number of hydrogen-bond acceptors (Lipinski definition) is 7. The summed E-state index contributed by atoms with van der Waals surface area (Å²) < 4.78 is 21.3. The highest BCUT2D eigenvalue weighted by Gasteiger charge is 2.15. The molecule has 0 aliphatic heterocycles. The van der Waals surface area contributed by atoms with Crippen LogP contribution in [0, 0.1) is 0 Å². The summed E-state index contributed by atoms with van der Waals surface area (Å²) in [4.78, 5) is 34.5. The molecule has 0 N–H and O–H groups in total. The summed E-state index contributed by atoms with van der Waals surface area (Å²) in [5, 5.41) is 0. The third-order valence-corrected chi connectivity index (χ3v) is 4.11. The summed E-state index contributed by atoms with van der Waals surface area (Å²) in [7, 11) is 0. The standard InChI is InChI=1S/C25H18O7/c1-4-23(26)29-18-10-7-16(8-11-18)19-13-14-20(30-19)17-9-12-21(31-24(27)5-2)22(15-17)32-25(28)6-3/h4-15H,1-3H2. The molecule has 2 aromatic carbocycles. The molecular formula is C25H18O7. The van der Waals surface area contributed by atoms with Gasteiger partial charge in [-0.3, -0.25) is 0 Å². The van der Waals surface area contributed by atoms with Gasteiger partial charge in [-0.1, -0.05) is 19.7 Å². The SMILES string of the molecule is C=CC(=O)Oc1ccc(-c2ccc(-c3ccc(OC(=O)C=C)c(OC(=O)C=C)c3)o2)cc1. The van der Waals surface area contributed by atoms with Gasteiger partial charge in [0.05, 0.1) is 0 Å². The molecule has 0 amide bonds. The smallest absolute Gasteiger partial charge is 0.335 e. The Morgan fingerprint density at radius 3 is 1.72 bits per heavy atom. The largest absolute Gasteiger partial charge is 0.456 e. The van der Waals surface area contributed by atoms with Gasteiger partial charge in [0.2, 0.25) is 0 Å². The molecule has 0 atom stereocenters. The Morgan fingerprint density at radius 2 is 1.12 bits per heavy atom. The Kier molecular flexibility index (Phi) is 6.82. The molecule has 7 nitrogen and oxygen atoms in total. The molecule has 0 aliphatic rings. The number of esters is 3. The molecule has 160 valence electrons. The summed E-state index contributed by atoms with van der Waals surface area (Å²) in [6.07, 6.45) is 3.07. The van der Waals surface area contributed by atoms with Crippen LogP contribution in [0.3, 0.4) is 0 Å². The first-order valence-electron chi connectivity index (χ1n) is 9.31. The van der Waals surface area contributed by atoms with Crippen molar-refractivity contribution >= 4 is 17.9 Å². The van der Waals surface area contributed by atoms with Gasteiger partial charge in [0, 0.05) is 29.4 Å². The van der Waals surface area contributed by atoms with E-state index in [1.54, 1.807) is 42.5 Å². The summed E-state index contributed by atoms with van der Waals surface area (Å²) in [5.41, 5.74) is 1.34. The predicted octanol–water partition coefficient (Wildman–Crippen LogP) is 4.89. The fraction of sp³-hybridized carbons (Fsp3) is 0. The number of hydrogen-bond donors (Lipinski definition) is 0. The lowest BCUT2D eigenvalue weighted by Gasteiger charge is -2.10. The third kappa shape index (κ3) is 5.28. The van der Waals surface area contributed by atoms with Gasteiger partial charge >= 0.3 is 17.9 Å². The molecule has 3 rings (SSSR count). The van der Waals surface area contributed by atoms with E-state index in [4.69, 9.17) is 18.6 Å². The number of carbonyl (C=O) groups is 3. The van der Waals surface area contributed by atoms with E-state index in [-0.39, 0.29) is 11.5 Å². The van der Waals surface area contributed by atoms with Crippen LogP contribution < -0.4 is 14.2 Å². The van der Waals surface area contributed by atoms with Crippen molar-refractivity contribution < 1.29 is 33.0 Å². The van der Waals surface area contributed by atoms with Gasteiger partial charge in [0.1, 0.15) is 17.3 Å². The summed E-state index contributed by atoms with van der Waals surface area (Å²) in [6.45, 7) is 10.1. The number of rotatable bonds is 8. The second-order valence-corrected chi connectivity index (χ2v) is 6.23. The Balaban J connectivity index is 1.87. The zero-order valence-corrected chi connectivity index (χ0v) is 16.9. The maximum absolute atomic E-state index is 11.7. The van der Waals surface area contributed by atoms with Crippen molar-refractivity contribution in [3.05, 3.63) is 92.6 Å². The highest BCUT2D eigenvalue weighted by atomic mass is 16.6. The quantitative estimate of drug-likeness (QED) is 0.285. The minimum absolute atomic E-state index is 0.0222. The zero-order chi connectivity index (χ0) is 23.1. The highest BCUT2D eigenvalue weighted by molar-refractivity contribution is 5.86. The molecule has 0 radical (unpaired) electrons. The monoisotopic (exact) mass is 430 g/mol. The molecule has 0 bridgehead atoms. The van der Waals surface area contributed by atoms with Gasteiger partial charge < -0.3 is 18.6 Å². The van der Waals surface area contributed by atoms with Crippen LogP contribution in [0.15, 0.2) is 97.0 Å². The lowest BCUT2D eigenvalue weighted by atomic mass is 10.1. The second-order valence-electron chi connectivity index (χ2n) is 6.23. The molecule has 7 heteroatoms. The van der Waals surface area contributed by atoms with E-state index in [2.05, 4.69) is 19.7 Å². The highest BCUT2D eigenvalue weighted by Crippen LogP contribution is 2.35. The third-order valence-electron chi connectivity index (χ3n) is 4.11. The van der Waals surface area contributed by atoms with Crippen molar-refractivity contribution in [1.29, 1.82) is 0 Å². The van der Waals surface area contributed by atoms with Crippen LogP contribution in [0.1, 0.15) is 0 Å². The van der Waals surface area contributed by atoms with Gasteiger partial charge in [-0.25, -0.2) is 14.4 Å². The first-order valence-corrected chi connectivity index (χ1v) is 9.31. The van der Waals surface area contributed by atoms with Gasteiger partial charge in [0.15, 0.2) is 11.5 Å². The fourth-order valence-corrected chi connectivity index (χ4v) is 2.62. The number of benzene rings is 2. The molecule has 0 unspecified atom stereocenters. The first-order chi connectivity index (χ1) is 15.4. The molecular weight excluding hydrogens is 412 g/mol. The predicted molar refractivity (Wildman–Crippen MR) is 117 cm³/mol. The zero-order valence-electron chi connectivity index (χ0n) is 16.9. The molecule has 1 aromatic heterocycles. The Morgan fingerprint density at radius 1 is 0.625 bits per heavy atom. The Hall–Kier alpha value is -4.65. The molecule has 0 fully saturated rings. The van der Waals surface area contributed by atoms with Crippen LogP contribution in [0.5, 0.6) is 17.2 Å². The average molecular weight is 430 g/mol. The lowest BCUT2D eigenvalue weighted by molar-refractivity contribution is -0.131. The number of furan rings is 1. The van der Waals surface area contributed by atoms with Crippen molar-refractivity contribution in [2.45, 2.75) is 0 Å². The topological polar surface area (TPSA) is 92.0 Å². The minimum Gasteiger partial charge on any atom is -0.456 e. The van der Waals surface area contributed by atoms with Gasteiger partial charge in [-0.2, -0.15) is 0 Å². The first kappa shape index (κ1) is 22.0. The minimum atomic E-state index is -0.713. The summed E-state index contributed by atoms with van der Waals surface area (Å²) in [5.74, 6) is -0.462. The maximum Gasteiger partial charge on any atom is 0.335 e. The van der Waals surface area contributed by atoms with Gasteiger partial charge in [0.25, 0.3) is 0 Å². The van der Waals surface area contributed by atoms with E-state index in [0.717, 1.165) is 23.8 Å². The van der Waals surface area contributed by atoms with Crippen molar-refractivity contribution in [1.82, 2.24) is 0 Å². The summed E-state index contributed by atoms with van der Waals surface area (Å²) >= 11 is 0. The second kappa shape index (κ2) is 9.90. The maximum atomic E-state index is 11.7. The molecule has 0 saturated carbocycles. The van der Waals surface area contributed by atoms with Crippen LogP contribution in [-0.4, -0.2) is 17.9 Å². The van der Waals surface area contributed by atoms with Gasteiger partial charge in [-0.15, -0.1) is 0 Å². The van der Waals surface area contributed by atoms with Crippen LogP contribution in [0.2, 0.25) is 0 Å². The van der Waals surface area contributed by atoms with Crippen molar-refractivity contribution in [2.75, 3.05) is 0 Å². The number of ether oxygens (including phenoxy) is 3. The van der Waals surface area contributed by atoms with Crippen molar-refractivity contribution in [2.24, 2.45) is 0 Å². The van der Waals surface area contributed by atoms with E-state index in [0.29, 0.717) is 22.8 Å². The molecule has 3 aromatic rings. The fourth-order valence-electron chi connectivity index (χ4n) is 2.62. The van der Waals surface area contributed by atoms with E-state index in [1.807, 2.05) is 0 Å². The van der Waals surface area contributed by atoms with Crippen LogP contribution in [0.4, 0.5) is 0 Å². The van der Waals surface area contributed by atoms with E-state index in [1.165, 1.54) is 12.1 Å². The van der Waals surface area contributed by atoms with Crippen LogP contribution >= 0.6 is 0 Å². The average Bonchev–Trinajstić information content (AvgIpc) is 3.30. The molecule has 0 saturated heterocycles. The lowest BCUT2D eigenvalue weighted by Crippen LogP contribution is -2.08. The number of carbonyl (C=O) groups excluding carboxylic acids is 3. The molecule has 0 spiro atoms. The van der Waals surface area contributed by atoms with Crippen molar-refractivity contribution in [3.8, 4) is 39.9 Å². The van der Waals surface area contributed by atoms with Crippen LogP contribution in [0.25, 0.3) is 22.6 Å². The van der Waals surface area contributed by atoms with Crippen molar-refractivity contribution in [3.63, 3.8) is 0 Å². The Bertz CT molecular complexity index is 1200. The van der Waals surface area contributed by atoms with E-state index in [9.17, 15) is 14.4 Å². The summed E-state index contributed by atoms with van der Waals surface area (Å²) in [6, 6.07) is 14.9. The molecule has 1 heterocycles. The van der Waals surface area contributed by atoms with E-state index >= 15 is 0 Å². The van der Waals surface area contributed by atoms with Crippen LogP contribution in [-0.2, 0) is 14.4 Å².